The number of hydrogen-bond acceptors (Lipinski definition) is 5. The van der Waals surface area contributed by atoms with Crippen molar-refractivity contribution in [3.8, 4) is 5.75 Å². The second-order valence-electron chi connectivity index (χ2n) is 7.21. The number of carbonyl (C=O) groups is 2. The molecule has 0 N–H and O–H groups in total. The summed E-state index contributed by atoms with van der Waals surface area (Å²) >= 11 is 0. The Bertz CT molecular complexity index is 928. The van der Waals surface area contributed by atoms with Gasteiger partial charge in [0.15, 0.2) is 5.78 Å². The number of hydrogen-bond donors (Lipinski definition) is 0. The van der Waals surface area contributed by atoms with Crippen molar-refractivity contribution in [2.24, 2.45) is 4.99 Å². The number of esters is 1. The Labute approximate surface area is 159 Å². The van der Waals surface area contributed by atoms with Gasteiger partial charge in [0, 0.05) is 11.1 Å². The highest BCUT2D eigenvalue weighted by molar-refractivity contribution is 6.19. The molecule has 27 heavy (non-hydrogen) atoms. The molecule has 0 spiro atoms. The zero-order valence-corrected chi connectivity index (χ0v) is 16.0. The molecule has 0 bridgehead atoms. The number of methoxy groups -OCH3 is 2. The summed E-state index contributed by atoms with van der Waals surface area (Å²) in [6.07, 6.45) is 0.903. The van der Waals surface area contributed by atoms with Gasteiger partial charge < -0.3 is 9.47 Å². The van der Waals surface area contributed by atoms with Gasteiger partial charge >= 0.3 is 5.97 Å². The van der Waals surface area contributed by atoms with E-state index in [-0.39, 0.29) is 23.3 Å². The van der Waals surface area contributed by atoms with E-state index in [0.29, 0.717) is 11.3 Å². The summed E-state index contributed by atoms with van der Waals surface area (Å²) in [5, 5.41) is 0. The Morgan fingerprint density at radius 3 is 2.44 bits per heavy atom. The fourth-order valence-electron chi connectivity index (χ4n) is 3.43. The van der Waals surface area contributed by atoms with Crippen LogP contribution in [0.5, 0.6) is 5.75 Å². The Kier molecular flexibility index (Phi) is 5.13. The lowest BCUT2D eigenvalue weighted by Gasteiger charge is -2.29. The predicted octanol–water partition coefficient (Wildman–Crippen LogP) is 3.88. The zero-order valence-electron chi connectivity index (χ0n) is 16.0. The van der Waals surface area contributed by atoms with Crippen LogP contribution in [0.1, 0.15) is 52.1 Å². The van der Waals surface area contributed by atoms with E-state index in [0.717, 1.165) is 23.3 Å². The molecule has 140 valence electrons. The van der Waals surface area contributed by atoms with Crippen LogP contribution in [0.25, 0.3) is 0 Å². The Morgan fingerprint density at radius 1 is 1.07 bits per heavy atom. The lowest BCUT2D eigenvalue weighted by Crippen LogP contribution is -2.30. The second-order valence-corrected chi connectivity index (χ2v) is 7.21. The van der Waals surface area contributed by atoms with Crippen molar-refractivity contribution in [2.75, 3.05) is 14.2 Å². The lowest BCUT2D eigenvalue weighted by atomic mass is 9.85. The molecule has 5 heteroatoms. The van der Waals surface area contributed by atoms with Crippen molar-refractivity contribution in [3.05, 3.63) is 64.7 Å². The van der Waals surface area contributed by atoms with Crippen LogP contribution in [-0.4, -0.2) is 37.2 Å². The van der Waals surface area contributed by atoms with Crippen molar-refractivity contribution in [2.45, 2.75) is 32.2 Å². The Morgan fingerprint density at radius 2 is 1.78 bits per heavy atom. The van der Waals surface area contributed by atoms with Crippen molar-refractivity contribution in [3.63, 3.8) is 0 Å². The maximum atomic E-state index is 13.0. The summed E-state index contributed by atoms with van der Waals surface area (Å²) < 4.78 is 10.1. The minimum atomic E-state index is -0.521. The molecule has 1 aliphatic heterocycles. The third-order valence-electron chi connectivity index (χ3n) is 4.65. The standard InChI is InChI=1S/C22H23NO4/c1-22(2)13-14-9-10-15(26-3)11-18(14)19(23-22)12-20(24)16-7-5-6-8-17(16)21(25)27-4/h5-11H,12-13H2,1-4H3. The molecule has 0 saturated heterocycles. The highest BCUT2D eigenvalue weighted by Gasteiger charge is 2.29. The SMILES string of the molecule is COC(=O)c1ccccc1C(=O)CC1=NC(C)(C)Cc2ccc(OC)cc21. The highest BCUT2D eigenvalue weighted by Crippen LogP contribution is 2.31. The highest BCUT2D eigenvalue weighted by atomic mass is 16.5. The van der Waals surface area contributed by atoms with Crippen LogP contribution in [0.3, 0.4) is 0 Å². The van der Waals surface area contributed by atoms with Crippen LogP contribution < -0.4 is 4.74 Å². The van der Waals surface area contributed by atoms with Crippen molar-refractivity contribution >= 4 is 17.5 Å². The number of rotatable bonds is 5. The van der Waals surface area contributed by atoms with Gasteiger partial charge in [-0.3, -0.25) is 9.79 Å². The van der Waals surface area contributed by atoms with Gasteiger partial charge in [-0.15, -0.1) is 0 Å². The fourth-order valence-corrected chi connectivity index (χ4v) is 3.43. The number of carbonyl (C=O) groups excluding carboxylic acids is 2. The van der Waals surface area contributed by atoms with Gasteiger partial charge in [0.05, 0.1) is 37.5 Å². The molecule has 0 saturated carbocycles. The molecule has 0 aliphatic carbocycles. The first-order valence-electron chi connectivity index (χ1n) is 8.81. The molecule has 0 fully saturated rings. The minimum absolute atomic E-state index is 0.109. The van der Waals surface area contributed by atoms with Crippen LogP contribution in [0.15, 0.2) is 47.5 Å². The summed E-state index contributed by atoms with van der Waals surface area (Å²) in [7, 11) is 2.92. The van der Waals surface area contributed by atoms with Gasteiger partial charge in [-0.25, -0.2) is 4.79 Å². The van der Waals surface area contributed by atoms with Crippen molar-refractivity contribution in [1.82, 2.24) is 0 Å². The molecule has 3 rings (SSSR count). The maximum Gasteiger partial charge on any atom is 0.338 e. The van der Waals surface area contributed by atoms with E-state index in [1.54, 1.807) is 31.4 Å². The monoisotopic (exact) mass is 365 g/mol. The summed E-state index contributed by atoms with van der Waals surface area (Å²) in [4.78, 5) is 29.8. The number of ketones is 1. The molecule has 2 aromatic carbocycles. The summed E-state index contributed by atoms with van der Waals surface area (Å²) in [6.45, 7) is 4.10. The fraction of sp³-hybridized carbons (Fsp3) is 0.318. The number of Topliss-reactive ketones (excluding diaryl/α,β-unsaturated/α-hetero) is 1. The van der Waals surface area contributed by atoms with Crippen LogP contribution >= 0.6 is 0 Å². The summed E-state index contributed by atoms with van der Waals surface area (Å²) in [6, 6.07) is 12.6. The first-order chi connectivity index (χ1) is 12.8. The van der Waals surface area contributed by atoms with Gasteiger partial charge in [0.1, 0.15) is 5.75 Å². The molecule has 0 aromatic heterocycles. The van der Waals surface area contributed by atoms with Gasteiger partial charge in [0.25, 0.3) is 0 Å². The number of ether oxygens (including phenoxy) is 2. The van der Waals surface area contributed by atoms with E-state index in [2.05, 4.69) is 0 Å². The van der Waals surface area contributed by atoms with Gasteiger partial charge in [0.2, 0.25) is 0 Å². The number of nitrogens with zero attached hydrogens (tertiary/aromatic N) is 1. The molecule has 0 radical (unpaired) electrons. The molecule has 2 aromatic rings. The maximum absolute atomic E-state index is 13.0. The number of benzene rings is 2. The van der Waals surface area contributed by atoms with Crippen LogP contribution in [-0.2, 0) is 11.2 Å². The van der Waals surface area contributed by atoms with Crippen LogP contribution in [0, 0.1) is 0 Å². The molecular formula is C22H23NO4. The molecule has 1 heterocycles. The molecule has 0 atom stereocenters. The van der Waals surface area contributed by atoms with Gasteiger partial charge in [-0.1, -0.05) is 24.3 Å². The van der Waals surface area contributed by atoms with E-state index in [1.165, 1.54) is 7.11 Å². The van der Waals surface area contributed by atoms with Crippen LogP contribution in [0.2, 0.25) is 0 Å². The van der Waals surface area contributed by atoms with Crippen molar-refractivity contribution in [1.29, 1.82) is 0 Å². The van der Waals surface area contributed by atoms with Gasteiger partial charge in [-0.05, 0) is 44.0 Å². The molecular weight excluding hydrogens is 342 g/mol. The summed E-state index contributed by atoms with van der Waals surface area (Å²) in [5.74, 6) is 0.0386. The Hall–Kier alpha value is -2.95. The number of aliphatic imine (C=N–C) groups is 1. The molecule has 5 nitrogen and oxygen atoms in total. The largest absolute Gasteiger partial charge is 0.497 e. The normalized spacial score (nSPS) is 14.7. The topological polar surface area (TPSA) is 65.0 Å². The average molecular weight is 365 g/mol. The first-order valence-corrected chi connectivity index (χ1v) is 8.81. The minimum Gasteiger partial charge on any atom is -0.497 e. The third-order valence-corrected chi connectivity index (χ3v) is 4.65. The van der Waals surface area contributed by atoms with E-state index < -0.39 is 5.97 Å². The first kappa shape index (κ1) is 18.8. The van der Waals surface area contributed by atoms with E-state index in [4.69, 9.17) is 14.5 Å². The molecule has 0 amide bonds. The van der Waals surface area contributed by atoms with Crippen molar-refractivity contribution < 1.29 is 19.1 Å². The second kappa shape index (κ2) is 7.35. The van der Waals surface area contributed by atoms with Gasteiger partial charge in [-0.2, -0.15) is 0 Å². The van der Waals surface area contributed by atoms with E-state index >= 15 is 0 Å². The van der Waals surface area contributed by atoms with E-state index in [1.807, 2.05) is 32.0 Å². The average Bonchev–Trinajstić information content (AvgIpc) is 2.66. The third kappa shape index (κ3) is 3.92. The summed E-state index contributed by atoms with van der Waals surface area (Å²) in [5.41, 5.74) is 3.10. The Balaban J connectivity index is 1.99. The number of fused-ring (bicyclic) bond motifs is 1. The molecule has 0 unspecified atom stereocenters. The molecule has 1 aliphatic rings. The lowest BCUT2D eigenvalue weighted by molar-refractivity contribution is 0.0597. The van der Waals surface area contributed by atoms with E-state index in [9.17, 15) is 9.59 Å². The van der Waals surface area contributed by atoms with Crippen LogP contribution in [0.4, 0.5) is 0 Å². The zero-order chi connectivity index (χ0) is 19.6. The smallest absolute Gasteiger partial charge is 0.338 e. The predicted molar refractivity (Wildman–Crippen MR) is 104 cm³/mol. The quantitative estimate of drug-likeness (QED) is 0.596.